The molecule has 7 heterocycles. The van der Waals surface area contributed by atoms with E-state index in [1.54, 1.807) is 24.8 Å². The average molecular weight is 2460 g/mol. The van der Waals surface area contributed by atoms with Crippen LogP contribution in [-0.2, 0) is 101 Å². The number of rotatable bonds is 12. The van der Waals surface area contributed by atoms with Crippen LogP contribution in [-0.4, -0.2) is 34.9 Å². The standard InChI is InChI=1S/3C18H14N.2C17H12N.2C11H8N.5Ir/c1-14-6-4-7-15(12-14)16-8-5-9-17(13-16)18-10-2-3-11-19-18;1-14-7-5-12-18(19-14)17-11-6-10-16(13-17)15-8-3-2-4-9-15;1-14-10-11-18(19-13-14)17-9-5-8-16(12-17)15-6-3-2-4-7-15;1-2-7-14(8-3-1)15-9-6-10-16(13-15)17-11-4-5-12-18-17;1-2-6-14(7-3-1)15-9-11-16(12-10-15)17-8-4-5-13-18-17;2*1-2-6-10(7-3-1)11-8-4-5-9-12-11;;;;;/h2-8,10-13H,1H3;2-10,12-13H,1H3;2-8,10-13H,1H3;1-9,11-13H;1-11,13H;2*1-6,8-9H;;;;;/q7*-1;;;;;. The molecule has 0 amide bonds. The third kappa shape index (κ3) is 29.7. The molecule has 0 fully saturated rings. The van der Waals surface area contributed by atoms with E-state index in [9.17, 15) is 0 Å². The molecule has 0 aliphatic heterocycles. The first-order valence-corrected chi connectivity index (χ1v) is 38.5. The molecule has 0 aliphatic carbocycles. The minimum atomic E-state index is 0. The molecule has 0 unspecified atom stereocenters. The van der Waals surface area contributed by atoms with Crippen molar-refractivity contribution in [1.82, 2.24) is 34.9 Å². The van der Waals surface area contributed by atoms with E-state index in [0.29, 0.717) is 0 Å². The minimum absolute atomic E-state index is 0. The van der Waals surface area contributed by atoms with Gasteiger partial charge in [-0.2, -0.15) is 0 Å². The maximum atomic E-state index is 4.55. The third-order valence-corrected chi connectivity index (χ3v) is 18.3. The molecule has 19 aromatic rings. The van der Waals surface area contributed by atoms with Gasteiger partial charge in [0.1, 0.15) is 0 Å². The fourth-order valence-electron chi connectivity index (χ4n) is 12.3. The zero-order valence-electron chi connectivity index (χ0n) is 66.9. The van der Waals surface area contributed by atoms with Gasteiger partial charge in [-0.15, -0.1) is 243 Å². The van der Waals surface area contributed by atoms with Crippen LogP contribution in [0.15, 0.2) is 444 Å². The van der Waals surface area contributed by atoms with Gasteiger partial charge in [0.05, 0.1) is 0 Å². The summed E-state index contributed by atoms with van der Waals surface area (Å²) in [5.74, 6) is 0. The summed E-state index contributed by atoms with van der Waals surface area (Å²) >= 11 is 0. The Morgan fingerprint density at radius 3 is 0.811 bits per heavy atom. The van der Waals surface area contributed by atoms with E-state index in [0.717, 1.165) is 84.5 Å². The molecule has 7 aromatic heterocycles. The Balaban J connectivity index is 0.000000177. The summed E-state index contributed by atoms with van der Waals surface area (Å²) in [4.78, 5) is 30.5. The van der Waals surface area contributed by atoms with E-state index < -0.39 is 0 Å². The predicted octanol–water partition coefficient (Wildman–Crippen LogP) is 27.1. The zero-order chi connectivity index (χ0) is 80.1. The van der Waals surface area contributed by atoms with Gasteiger partial charge >= 0.3 is 0 Å². The Bertz CT molecular complexity index is 5720. The van der Waals surface area contributed by atoms with Crippen LogP contribution in [0.25, 0.3) is 134 Å². The van der Waals surface area contributed by atoms with Crippen LogP contribution in [0.4, 0.5) is 0 Å². The Morgan fingerprint density at radius 1 is 0.180 bits per heavy atom. The van der Waals surface area contributed by atoms with E-state index in [1.165, 1.54) is 66.8 Å². The van der Waals surface area contributed by atoms with Gasteiger partial charge < -0.3 is 34.9 Å². The molecule has 0 bridgehead atoms. The van der Waals surface area contributed by atoms with Gasteiger partial charge in [-0.25, -0.2) is 0 Å². The summed E-state index contributed by atoms with van der Waals surface area (Å²) < 4.78 is 0. The summed E-state index contributed by atoms with van der Waals surface area (Å²) in [6, 6.07) is 159. The summed E-state index contributed by atoms with van der Waals surface area (Å²) in [6.07, 6.45) is 10.9. The second-order valence-corrected chi connectivity index (χ2v) is 26.8. The molecule has 0 spiro atoms. The van der Waals surface area contributed by atoms with Gasteiger partial charge in [-0.1, -0.05) is 247 Å². The molecule has 0 saturated carbocycles. The Morgan fingerprint density at radius 2 is 0.484 bits per heavy atom. The molecule has 0 aliphatic rings. The molecular weight excluding hydrogens is 2380 g/mol. The van der Waals surface area contributed by atoms with Crippen molar-refractivity contribution in [3.63, 3.8) is 0 Å². The maximum absolute atomic E-state index is 4.55. The normalized spacial score (nSPS) is 9.76. The molecule has 122 heavy (non-hydrogen) atoms. The van der Waals surface area contributed by atoms with Crippen molar-refractivity contribution in [2.45, 2.75) is 20.8 Å². The average Bonchev–Trinajstić information content (AvgIpc) is 0.862. The number of hydrogen-bond donors (Lipinski definition) is 0. The van der Waals surface area contributed by atoms with Crippen molar-refractivity contribution < 1.29 is 101 Å². The molecular formula is C110H82Ir5N7-7. The topological polar surface area (TPSA) is 90.2 Å². The van der Waals surface area contributed by atoms with Crippen LogP contribution in [0.2, 0.25) is 0 Å². The van der Waals surface area contributed by atoms with Crippen LogP contribution < -0.4 is 0 Å². The van der Waals surface area contributed by atoms with E-state index >= 15 is 0 Å². The number of pyridine rings is 7. The second kappa shape index (κ2) is 52.2. The molecule has 7 nitrogen and oxygen atoms in total. The Kier molecular flexibility index (Phi) is 40.8. The van der Waals surface area contributed by atoms with E-state index in [-0.39, 0.29) is 101 Å². The van der Waals surface area contributed by atoms with E-state index in [4.69, 9.17) is 0 Å². The number of aromatic nitrogens is 7. The van der Waals surface area contributed by atoms with Crippen LogP contribution >= 0.6 is 0 Å². The van der Waals surface area contributed by atoms with Crippen LogP contribution in [0.1, 0.15) is 16.8 Å². The minimum Gasteiger partial charge on any atom is -0.305 e. The molecule has 5 radical (unpaired) electrons. The van der Waals surface area contributed by atoms with Crippen molar-refractivity contribution >= 4 is 0 Å². The quantitative estimate of drug-likeness (QED) is 0.113. The fourth-order valence-corrected chi connectivity index (χ4v) is 12.3. The Hall–Kier alpha value is -12.1. The van der Waals surface area contributed by atoms with Gasteiger partial charge in [-0.05, 0) is 125 Å². The van der Waals surface area contributed by atoms with Gasteiger partial charge in [0, 0.05) is 143 Å². The number of benzene rings is 12. The summed E-state index contributed by atoms with van der Waals surface area (Å²) in [6.45, 7) is 6.16. The summed E-state index contributed by atoms with van der Waals surface area (Å²) in [7, 11) is 0. The molecule has 0 N–H and O–H groups in total. The summed E-state index contributed by atoms with van der Waals surface area (Å²) in [5.41, 5.74) is 29.4. The largest absolute Gasteiger partial charge is 0.305 e. The van der Waals surface area contributed by atoms with Gasteiger partial charge in [0.25, 0.3) is 0 Å². The van der Waals surface area contributed by atoms with Gasteiger partial charge in [-0.3, -0.25) is 0 Å². The maximum Gasteiger partial charge on any atom is 0.0266 e. The van der Waals surface area contributed by atoms with Crippen molar-refractivity contribution in [2.75, 3.05) is 0 Å². The first-order valence-electron chi connectivity index (χ1n) is 38.5. The van der Waals surface area contributed by atoms with Crippen molar-refractivity contribution in [2.24, 2.45) is 0 Å². The number of hydrogen-bond acceptors (Lipinski definition) is 7. The first kappa shape index (κ1) is 95.4. The zero-order valence-corrected chi connectivity index (χ0v) is 78.9. The van der Waals surface area contributed by atoms with Crippen molar-refractivity contribution in [3.05, 3.63) is 503 Å². The smallest absolute Gasteiger partial charge is 0.0266 e. The molecule has 19 rings (SSSR count). The van der Waals surface area contributed by atoms with Crippen molar-refractivity contribution in [3.8, 4) is 134 Å². The molecule has 0 atom stereocenters. The second-order valence-electron chi connectivity index (χ2n) is 26.8. The molecule has 12 aromatic carbocycles. The Labute approximate surface area is 786 Å². The van der Waals surface area contributed by atoms with Gasteiger partial charge in [0.15, 0.2) is 0 Å². The van der Waals surface area contributed by atoms with Crippen LogP contribution in [0.5, 0.6) is 0 Å². The SMILES string of the molecule is Cc1ccc(-c2[c-]ccc(-c3ccccc3)c2)nc1.Cc1cccc(-c2[c-]ccc(-c3ccccc3)c2)n1.Cc1cccc(-c2cc[c-]c(-c3ccccn3)c2)c1.[Ir].[Ir].[Ir].[Ir].[Ir].[c-]1cc(-c2ccccc2)ccc1-c1ccccn1.[c-]1ccc(-c2ccccc2)cc1-c1ccccn1.[c-]1ccccc1-c1ccccn1.[c-]1ccccc1-c1ccccn1. The monoisotopic (exact) mass is 2470 g/mol. The van der Waals surface area contributed by atoms with Gasteiger partial charge in [0.2, 0.25) is 0 Å². The van der Waals surface area contributed by atoms with Crippen LogP contribution in [0.3, 0.4) is 0 Å². The third-order valence-electron chi connectivity index (χ3n) is 18.3. The molecule has 12 heteroatoms. The van der Waals surface area contributed by atoms with E-state index in [1.807, 2.05) is 269 Å². The van der Waals surface area contributed by atoms with E-state index in [2.05, 4.69) is 248 Å². The van der Waals surface area contributed by atoms with Crippen molar-refractivity contribution in [1.29, 1.82) is 0 Å². The summed E-state index contributed by atoms with van der Waals surface area (Å²) in [5, 5.41) is 0. The molecule has 0 saturated heterocycles. The fraction of sp³-hybridized carbons (Fsp3) is 0.0273. The first-order chi connectivity index (χ1) is 57.8. The predicted molar refractivity (Wildman–Crippen MR) is 481 cm³/mol. The van der Waals surface area contributed by atoms with Crippen LogP contribution in [0, 0.1) is 63.2 Å². The number of nitrogens with zero attached hydrogens (tertiary/aromatic N) is 7. The molecule has 609 valence electrons. The number of aryl methyl sites for hydroxylation is 3.